The van der Waals surface area contributed by atoms with E-state index in [1.807, 2.05) is 0 Å². The van der Waals surface area contributed by atoms with E-state index < -0.39 is 126 Å². The molecule has 0 saturated carbocycles. The zero-order chi connectivity index (χ0) is 51.2. The van der Waals surface area contributed by atoms with Gasteiger partial charge in [-0.05, 0) is 109 Å². The fourth-order valence-corrected chi connectivity index (χ4v) is 6.61. The van der Waals surface area contributed by atoms with Crippen molar-refractivity contribution in [1.82, 2.24) is 0 Å². The van der Waals surface area contributed by atoms with Crippen LogP contribution in [0.2, 0.25) is 0 Å². The lowest BCUT2D eigenvalue weighted by Crippen LogP contribution is -2.29. The summed E-state index contributed by atoms with van der Waals surface area (Å²) in [5.74, 6) is -7.18. The Balaban J connectivity index is 1.93. The summed E-state index contributed by atoms with van der Waals surface area (Å²) in [5, 5.41) is -1.41. The molecule has 0 spiro atoms. The molecule has 0 aliphatic carbocycles. The van der Waals surface area contributed by atoms with Crippen molar-refractivity contribution >= 4 is 68.4 Å². The fraction of sp³-hybridized carbons (Fsp3) is 0.440. The van der Waals surface area contributed by atoms with E-state index in [9.17, 15) is 33.6 Å². The monoisotopic (exact) mass is 944 g/mol. The first-order valence-corrected chi connectivity index (χ1v) is 21.3. The van der Waals surface area contributed by atoms with Gasteiger partial charge in [-0.15, -0.1) is 0 Å². The van der Waals surface area contributed by atoms with E-state index in [2.05, 4.69) is 0 Å². The van der Waals surface area contributed by atoms with Gasteiger partial charge < -0.3 is 46.7 Å². The summed E-state index contributed by atoms with van der Waals surface area (Å²) in [6.45, 7) is 20.5. The van der Waals surface area contributed by atoms with Gasteiger partial charge >= 0.3 is 23.9 Å². The van der Waals surface area contributed by atoms with Gasteiger partial charge in [0.25, 0.3) is 0 Å². The zero-order valence-electron chi connectivity index (χ0n) is 41.1. The summed E-state index contributed by atoms with van der Waals surface area (Å²) in [5.41, 5.74) is -10.0. The third kappa shape index (κ3) is 10.8. The Bertz CT molecular complexity index is 3030. The van der Waals surface area contributed by atoms with Gasteiger partial charge in [-0.1, -0.05) is 0 Å². The number of rotatable bonds is 13. The Hall–Kier alpha value is -6.92. The van der Waals surface area contributed by atoms with Gasteiger partial charge in [0, 0.05) is 31.9 Å². The number of fused-ring (bicyclic) bond motifs is 3. The number of hydrogen-bond donors (Lipinski definition) is 0. The molecule has 2 heterocycles. The van der Waals surface area contributed by atoms with Crippen LogP contribution in [0.1, 0.15) is 143 Å². The molecule has 0 N–H and O–H groups in total. The van der Waals surface area contributed by atoms with Crippen molar-refractivity contribution in [2.24, 2.45) is 10.8 Å². The van der Waals surface area contributed by atoms with Gasteiger partial charge in [0.1, 0.15) is 50.9 Å². The molecule has 18 nitrogen and oxygen atoms in total. The molecule has 0 bridgehead atoms. The molecule has 0 aliphatic heterocycles. The highest BCUT2D eigenvalue weighted by molar-refractivity contribution is 6.19. The van der Waals surface area contributed by atoms with Gasteiger partial charge in [0.15, 0.2) is 48.2 Å². The summed E-state index contributed by atoms with van der Waals surface area (Å²) in [6, 6.07) is 3.44. The SMILES string of the molecule is COCOc1cc2occ(C(=O)c3cc4c(=O)c5c(C(=O)OC(C)(C)C)c(OC(=O)C(C)(C)C)c(OCOC)cc5oc4c(C(C)=O)c3C)c(=O)c2c(C(=O)OC(C)(C)C)c1OC(=O)C(C)(C)C. The molecular formula is C50H56O18. The fourth-order valence-electron chi connectivity index (χ4n) is 6.61. The summed E-state index contributed by atoms with van der Waals surface area (Å²) in [6.07, 6.45) is 0.824. The molecule has 0 radical (unpaired) electrons. The van der Waals surface area contributed by atoms with Crippen molar-refractivity contribution in [2.45, 2.75) is 108 Å². The predicted octanol–water partition coefficient (Wildman–Crippen LogP) is 8.57. The lowest BCUT2D eigenvalue weighted by Gasteiger charge is -2.24. The average Bonchev–Trinajstić information content (AvgIpc) is 3.19. The van der Waals surface area contributed by atoms with E-state index in [-0.39, 0.29) is 44.9 Å². The minimum Gasteiger partial charge on any atom is -0.463 e. The quantitative estimate of drug-likeness (QED) is 0.0353. The largest absolute Gasteiger partial charge is 0.463 e. The second-order valence-corrected chi connectivity index (χ2v) is 19.9. The van der Waals surface area contributed by atoms with Crippen LogP contribution < -0.4 is 29.8 Å². The van der Waals surface area contributed by atoms with Gasteiger partial charge in [-0.25, -0.2) is 9.59 Å². The molecule has 5 aromatic rings. The van der Waals surface area contributed by atoms with Crippen LogP contribution in [0, 0.1) is 17.8 Å². The minimum atomic E-state index is -1.15. The number of benzene rings is 3. The van der Waals surface area contributed by atoms with Gasteiger partial charge in [-0.2, -0.15) is 0 Å². The number of hydrogen-bond acceptors (Lipinski definition) is 18. The molecule has 18 heteroatoms. The number of carbonyl (C=O) groups is 6. The van der Waals surface area contributed by atoms with Crippen LogP contribution in [0.25, 0.3) is 32.9 Å². The smallest absolute Gasteiger partial charge is 0.343 e. The molecule has 0 aliphatic rings. The van der Waals surface area contributed by atoms with E-state index in [4.69, 9.17) is 46.7 Å². The maximum atomic E-state index is 15.0. The highest BCUT2D eigenvalue weighted by Gasteiger charge is 2.37. The van der Waals surface area contributed by atoms with Gasteiger partial charge in [0.2, 0.25) is 10.9 Å². The van der Waals surface area contributed by atoms with Crippen LogP contribution >= 0.6 is 0 Å². The zero-order valence-corrected chi connectivity index (χ0v) is 41.1. The third-order valence-electron chi connectivity index (χ3n) is 9.74. The molecule has 0 atom stereocenters. The molecular weight excluding hydrogens is 889 g/mol. The molecule has 5 rings (SSSR count). The van der Waals surface area contributed by atoms with Crippen molar-refractivity contribution in [1.29, 1.82) is 0 Å². The maximum absolute atomic E-state index is 15.0. The van der Waals surface area contributed by atoms with Crippen LogP contribution in [-0.2, 0) is 28.5 Å². The topological polar surface area (TPSA) is 237 Å². The van der Waals surface area contributed by atoms with E-state index in [1.54, 1.807) is 83.1 Å². The lowest BCUT2D eigenvalue weighted by atomic mass is 9.90. The first-order valence-electron chi connectivity index (χ1n) is 21.3. The normalized spacial score (nSPS) is 12.2. The number of ketones is 2. The van der Waals surface area contributed by atoms with Crippen molar-refractivity contribution in [3.63, 3.8) is 0 Å². The third-order valence-corrected chi connectivity index (χ3v) is 9.74. The van der Waals surface area contributed by atoms with Gasteiger partial charge in [-0.3, -0.25) is 28.8 Å². The second-order valence-electron chi connectivity index (χ2n) is 19.9. The first-order chi connectivity index (χ1) is 31.3. The van der Waals surface area contributed by atoms with Crippen LogP contribution in [0.4, 0.5) is 0 Å². The molecule has 0 fully saturated rings. The standard InChI is InChI=1S/C50H56O18/c1-23-25(37(52)27-20-61-28-18-30(62-21-59-15)41(65-45(57)47(3,4)5)35(33(28)39(27)54)43(55)67-49(9,10)11)17-26-38(53)34-29(64-40(26)32(23)24(2)51)19-31(63-22-60-16)42(66-46(58)48(6,7)8)36(34)44(56)68-50(12,13)14/h17-20H,21-22H2,1-16H3. The molecule has 3 aromatic carbocycles. The lowest BCUT2D eigenvalue weighted by molar-refractivity contribution is -0.144. The van der Waals surface area contributed by atoms with Crippen LogP contribution in [0.3, 0.4) is 0 Å². The summed E-state index contributed by atoms with van der Waals surface area (Å²) in [4.78, 5) is 113. The molecule has 68 heavy (non-hydrogen) atoms. The number of carbonyl (C=O) groups excluding carboxylic acids is 6. The van der Waals surface area contributed by atoms with Crippen LogP contribution in [0.15, 0.2) is 42.9 Å². The number of Topliss-reactive ketones (excluding diaryl/α,β-unsaturated/α-hetero) is 1. The second kappa shape index (κ2) is 19.0. The highest BCUT2D eigenvalue weighted by atomic mass is 16.7. The van der Waals surface area contributed by atoms with Crippen molar-refractivity contribution in [3.8, 4) is 23.0 Å². The van der Waals surface area contributed by atoms with E-state index in [0.29, 0.717) is 0 Å². The Morgan fingerprint density at radius 1 is 0.588 bits per heavy atom. The number of ether oxygens (including phenoxy) is 8. The average molecular weight is 945 g/mol. The molecule has 0 unspecified atom stereocenters. The number of esters is 4. The molecule has 2 aromatic heterocycles. The van der Waals surface area contributed by atoms with E-state index >= 15 is 4.79 Å². The summed E-state index contributed by atoms with van der Waals surface area (Å²) in [7, 11) is 2.65. The Kier molecular flexibility index (Phi) is 14.5. The van der Waals surface area contributed by atoms with E-state index in [0.717, 1.165) is 19.3 Å². The minimum absolute atomic E-state index is 0.0357. The molecule has 0 amide bonds. The van der Waals surface area contributed by atoms with Crippen molar-refractivity contribution in [3.05, 3.63) is 78.3 Å². The van der Waals surface area contributed by atoms with Crippen LogP contribution in [-0.4, -0.2) is 74.5 Å². The van der Waals surface area contributed by atoms with Crippen molar-refractivity contribution < 1.29 is 75.5 Å². The first kappa shape index (κ1) is 52.1. The molecule has 364 valence electrons. The highest BCUT2D eigenvalue weighted by Crippen LogP contribution is 2.42. The van der Waals surface area contributed by atoms with E-state index in [1.165, 1.54) is 33.3 Å². The maximum Gasteiger partial charge on any atom is 0.343 e. The Labute approximate surface area is 391 Å². The Morgan fingerprint density at radius 2 is 1.03 bits per heavy atom. The predicted molar refractivity (Wildman–Crippen MR) is 246 cm³/mol. The van der Waals surface area contributed by atoms with Gasteiger partial charge in [0.05, 0.1) is 32.6 Å². The summed E-state index contributed by atoms with van der Waals surface area (Å²) < 4.78 is 56.7. The van der Waals surface area contributed by atoms with Crippen molar-refractivity contribution in [2.75, 3.05) is 27.8 Å². The molecule has 0 saturated heterocycles. The Morgan fingerprint density at radius 3 is 1.44 bits per heavy atom. The van der Waals surface area contributed by atoms with Crippen LogP contribution in [0.5, 0.6) is 23.0 Å². The summed E-state index contributed by atoms with van der Waals surface area (Å²) >= 11 is 0. The number of methoxy groups -OCH3 is 2.